The molecule has 1 N–H and O–H groups in total. The van der Waals surface area contributed by atoms with Crippen LogP contribution >= 0.6 is 11.3 Å². The Balaban J connectivity index is 1.68. The fourth-order valence-corrected chi connectivity index (χ4v) is 3.85. The van der Waals surface area contributed by atoms with Gasteiger partial charge in [-0.25, -0.2) is 18.8 Å². The van der Waals surface area contributed by atoms with E-state index in [1.807, 2.05) is 5.38 Å². The van der Waals surface area contributed by atoms with Crippen LogP contribution in [0.25, 0.3) is 11.3 Å². The van der Waals surface area contributed by atoms with E-state index < -0.39 is 9.84 Å². The van der Waals surface area contributed by atoms with Crippen molar-refractivity contribution in [1.82, 2.24) is 15.4 Å². The largest absolute Gasteiger partial charge is 0.378 e. The van der Waals surface area contributed by atoms with Gasteiger partial charge in [-0.05, 0) is 12.1 Å². The predicted molar refractivity (Wildman–Crippen MR) is 94.9 cm³/mol. The number of hydrazine groups is 1. The van der Waals surface area contributed by atoms with Crippen molar-refractivity contribution in [3.8, 4) is 11.3 Å². The molecule has 3 rings (SSSR count). The molecule has 0 atom stereocenters. The van der Waals surface area contributed by atoms with Gasteiger partial charge in [0.1, 0.15) is 5.01 Å². The molecule has 25 heavy (non-hydrogen) atoms. The number of hydrogen-bond donors (Lipinski definition) is 1. The molecule has 0 bridgehead atoms. The second kappa shape index (κ2) is 7.61. The third-order valence-electron chi connectivity index (χ3n) is 3.74. The number of carbonyl (C=O) groups is 1. The minimum atomic E-state index is -3.21. The average molecular weight is 381 g/mol. The Morgan fingerprint density at radius 2 is 2.08 bits per heavy atom. The van der Waals surface area contributed by atoms with Gasteiger partial charge in [-0.1, -0.05) is 12.1 Å². The van der Waals surface area contributed by atoms with E-state index in [9.17, 15) is 13.2 Å². The number of thiazole rings is 1. The van der Waals surface area contributed by atoms with Gasteiger partial charge >= 0.3 is 0 Å². The standard InChI is InChI=1S/C16H19N3O4S2/c1-25(21,22)13-4-2-12(3-5-13)14-11-24-15(18-14)10-16(20)19-7-9-23-8-6-17-19/h2-5,11,17H,6-10H2,1H3. The SMILES string of the molecule is CS(=O)(=O)c1ccc(-c2csc(CC(=O)N3CCOCCN3)n2)cc1. The van der Waals surface area contributed by atoms with Crippen molar-refractivity contribution in [2.45, 2.75) is 11.3 Å². The number of amides is 1. The molecule has 1 aliphatic heterocycles. The third-order valence-corrected chi connectivity index (χ3v) is 5.72. The zero-order valence-corrected chi connectivity index (χ0v) is 15.4. The number of carbonyl (C=O) groups excluding carboxylic acids is 1. The first kappa shape index (κ1) is 18.0. The molecule has 2 heterocycles. The quantitative estimate of drug-likeness (QED) is 0.854. The zero-order valence-electron chi connectivity index (χ0n) is 13.8. The highest BCUT2D eigenvalue weighted by atomic mass is 32.2. The Labute approximate surface area is 150 Å². The van der Waals surface area contributed by atoms with E-state index in [-0.39, 0.29) is 17.2 Å². The summed E-state index contributed by atoms with van der Waals surface area (Å²) >= 11 is 1.42. The van der Waals surface area contributed by atoms with Gasteiger partial charge in [0.15, 0.2) is 9.84 Å². The minimum Gasteiger partial charge on any atom is -0.378 e. The van der Waals surface area contributed by atoms with Crippen molar-refractivity contribution in [1.29, 1.82) is 0 Å². The second-order valence-electron chi connectivity index (χ2n) is 5.67. The summed E-state index contributed by atoms with van der Waals surface area (Å²) in [5.74, 6) is -0.0428. The highest BCUT2D eigenvalue weighted by Crippen LogP contribution is 2.24. The van der Waals surface area contributed by atoms with Crippen molar-refractivity contribution in [2.75, 3.05) is 32.6 Å². The first-order valence-corrected chi connectivity index (χ1v) is 10.6. The number of nitrogens with zero attached hydrogens (tertiary/aromatic N) is 2. The van der Waals surface area contributed by atoms with Gasteiger partial charge in [-0.15, -0.1) is 11.3 Å². The van der Waals surface area contributed by atoms with Gasteiger partial charge < -0.3 is 4.74 Å². The maximum absolute atomic E-state index is 12.3. The van der Waals surface area contributed by atoms with E-state index in [2.05, 4.69) is 10.4 Å². The van der Waals surface area contributed by atoms with E-state index in [0.717, 1.165) is 16.3 Å². The predicted octanol–water partition coefficient (Wildman–Crippen LogP) is 1.12. The van der Waals surface area contributed by atoms with Crippen LogP contribution in [0.5, 0.6) is 0 Å². The Hall–Kier alpha value is -1.81. The van der Waals surface area contributed by atoms with Crippen LogP contribution in [0, 0.1) is 0 Å². The molecule has 0 unspecified atom stereocenters. The van der Waals surface area contributed by atoms with Crippen molar-refractivity contribution >= 4 is 27.1 Å². The summed E-state index contributed by atoms with van der Waals surface area (Å²) in [6.07, 6.45) is 1.40. The van der Waals surface area contributed by atoms with Gasteiger partial charge in [0.25, 0.3) is 0 Å². The third kappa shape index (κ3) is 4.63. The molecule has 0 aliphatic carbocycles. The summed E-state index contributed by atoms with van der Waals surface area (Å²) in [6, 6.07) is 6.58. The smallest absolute Gasteiger partial charge is 0.243 e. The molecule has 0 saturated carbocycles. The van der Waals surface area contributed by atoms with E-state index in [1.165, 1.54) is 17.6 Å². The van der Waals surface area contributed by atoms with Crippen molar-refractivity contribution in [2.24, 2.45) is 0 Å². The van der Waals surface area contributed by atoms with E-state index >= 15 is 0 Å². The topological polar surface area (TPSA) is 88.6 Å². The molecule has 1 saturated heterocycles. The Bertz CT molecular complexity index is 839. The second-order valence-corrected chi connectivity index (χ2v) is 8.62. The lowest BCUT2D eigenvalue weighted by Crippen LogP contribution is -2.44. The molecule has 9 heteroatoms. The molecule has 134 valence electrons. The molecule has 1 amide bonds. The first-order chi connectivity index (χ1) is 11.9. The maximum atomic E-state index is 12.3. The molecule has 1 fully saturated rings. The summed E-state index contributed by atoms with van der Waals surface area (Å²) in [4.78, 5) is 17.1. The molecular formula is C16H19N3O4S2. The fourth-order valence-electron chi connectivity index (χ4n) is 2.42. The Morgan fingerprint density at radius 1 is 1.32 bits per heavy atom. The van der Waals surface area contributed by atoms with Gasteiger partial charge in [-0.2, -0.15) is 0 Å². The number of rotatable bonds is 4. The molecule has 1 aromatic carbocycles. The van der Waals surface area contributed by atoms with E-state index in [4.69, 9.17) is 4.74 Å². The first-order valence-electron chi connectivity index (χ1n) is 7.80. The molecule has 1 aromatic heterocycles. The Kier molecular flexibility index (Phi) is 5.48. The number of nitrogens with one attached hydrogen (secondary N) is 1. The van der Waals surface area contributed by atoms with Crippen LogP contribution in [0.1, 0.15) is 5.01 Å². The van der Waals surface area contributed by atoms with E-state index in [1.54, 1.807) is 29.3 Å². The highest BCUT2D eigenvalue weighted by Gasteiger charge is 2.18. The lowest BCUT2D eigenvalue weighted by molar-refractivity contribution is -0.133. The zero-order chi connectivity index (χ0) is 17.9. The maximum Gasteiger partial charge on any atom is 0.243 e. The molecular weight excluding hydrogens is 362 g/mol. The van der Waals surface area contributed by atoms with Crippen LogP contribution in [0.4, 0.5) is 0 Å². The van der Waals surface area contributed by atoms with Crippen LogP contribution in [0.3, 0.4) is 0 Å². The summed E-state index contributed by atoms with van der Waals surface area (Å²) < 4.78 is 28.3. The summed E-state index contributed by atoms with van der Waals surface area (Å²) in [5, 5.41) is 4.17. The van der Waals surface area contributed by atoms with E-state index in [0.29, 0.717) is 26.3 Å². The molecule has 0 radical (unpaired) electrons. The number of hydrogen-bond acceptors (Lipinski definition) is 7. The number of benzene rings is 1. The lowest BCUT2D eigenvalue weighted by Gasteiger charge is -2.19. The summed E-state index contributed by atoms with van der Waals surface area (Å²) in [7, 11) is -3.21. The number of aromatic nitrogens is 1. The summed E-state index contributed by atoms with van der Waals surface area (Å²) in [6.45, 7) is 2.24. The van der Waals surface area contributed by atoms with Crippen LogP contribution < -0.4 is 5.43 Å². The lowest BCUT2D eigenvalue weighted by atomic mass is 10.2. The van der Waals surface area contributed by atoms with Gasteiger partial charge in [0, 0.05) is 23.7 Å². The van der Waals surface area contributed by atoms with Gasteiger partial charge in [0.2, 0.25) is 5.91 Å². The number of ether oxygens (including phenoxy) is 1. The van der Waals surface area contributed by atoms with Crippen molar-refractivity contribution in [3.63, 3.8) is 0 Å². The minimum absolute atomic E-state index is 0.0428. The van der Waals surface area contributed by atoms with Gasteiger partial charge in [-0.3, -0.25) is 9.80 Å². The van der Waals surface area contributed by atoms with Crippen LogP contribution in [0.15, 0.2) is 34.5 Å². The average Bonchev–Trinajstić information content (AvgIpc) is 2.87. The van der Waals surface area contributed by atoms with Crippen LogP contribution in [0.2, 0.25) is 0 Å². The fraction of sp³-hybridized carbons (Fsp3) is 0.375. The van der Waals surface area contributed by atoms with Crippen LogP contribution in [-0.4, -0.2) is 56.9 Å². The normalized spacial score (nSPS) is 15.8. The molecule has 7 nitrogen and oxygen atoms in total. The number of sulfone groups is 1. The monoisotopic (exact) mass is 381 g/mol. The Morgan fingerprint density at radius 3 is 2.80 bits per heavy atom. The van der Waals surface area contributed by atoms with Crippen molar-refractivity contribution < 1.29 is 17.9 Å². The molecule has 1 aliphatic rings. The van der Waals surface area contributed by atoms with Crippen LogP contribution in [-0.2, 0) is 25.8 Å². The van der Waals surface area contributed by atoms with Gasteiger partial charge in [0.05, 0.1) is 36.8 Å². The highest BCUT2D eigenvalue weighted by molar-refractivity contribution is 7.90. The summed E-state index contributed by atoms with van der Waals surface area (Å²) in [5.41, 5.74) is 4.60. The molecule has 0 spiro atoms. The molecule has 2 aromatic rings. The van der Waals surface area contributed by atoms with Crippen molar-refractivity contribution in [3.05, 3.63) is 34.7 Å².